The van der Waals surface area contributed by atoms with Gasteiger partial charge in [0.05, 0.1) is 12.7 Å². The Kier molecular flexibility index (Phi) is 6.01. The third kappa shape index (κ3) is 4.36. The van der Waals surface area contributed by atoms with Crippen molar-refractivity contribution in [1.82, 2.24) is 9.97 Å². The summed E-state index contributed by atoms with van der Waals surface area (Å²) in [6.45, 7) is 2.30. The Balaban J connectivity index is 2.76. The molecule has 0 saturated heterocycles. The minimum Gasteiger partial charge on any atom is -0.481 e. The number of carboxylic acid groups (broad SMARTS) is 1. The molecular formula is C12H19N3O4. The number of methoxy groups -OCH3 is 2. The van der Waals surface area contributed by atoms with Crippen LogP contribution in [0.25, 0.3) is 0 Å². The van der Waals surface area contributed by atoms with Crippen molar-refractivity contribution in [3.8, 4) is 5.88 Å². The van der Waals surface area contributed by atoms with E-state index in [0.717, 1.165) is 0 Å². The zero-order chi connectivity index (χ0) is 14.3. The molecule has 7 heteroatoms. The molecule has 106 valence electrons. The Morgan fingerprint density at radius 2 is 2.21 bits per heavy atom. The molecule has 1 aromatic heterocycles. The van der Waals surface area contributed by atoms with Crippen LogP contribution in [0.4, 0.5) is 5.82 Å². The highest BCUT2D eigenvalue weighted by Gasteiger charge is 2.19. The van der Waals surface area contributed by atoms with E-state index in [1.807, 2.05) is 0 Å². The van der Waals surface area contributed by atoms with E-state index >= 15 is 0 Å². The summed E-state index contributed by atoms with van der Waals surface area (Å²) in [5.74, 6) is -0.0247. The van der Waals surface area contributed by atoms with Gasteiger partial charge in [-0.25, -0.2) is 14.8 Å². The third-order valence-corrected chi connectivity index (χ3v) is 2.68. The Morgan fingerprint density at radius 3 is 2.79 bits per heavy atom. The summed E-state index contributed by atoms with van der Waals surface area (Å²) >= 11 is 0. The average molecular weight is 269 g/mol. The molecule has 1 atom stereocenters. The second-order valence-corrected chi connectivity index (χ2v) is 4.03. The first-order valence-electron chi connectivity index (χ1n) is 5.94. The molecule has 1 unspecified atom stereocenters. The highest BCUT2D eigenvalue weighted by Crippen LogP contribution is 2.21. The SMILES string of the molecule is COCCCC(Nc1ncnc(OC)c1C)C(=O)O. The van der Waals surface area contributed by atoms with Crippen molar-refractivity contribution >= 4 is 11.8 Å². The third-order valence-electron chi connectivity index (χ3n) is 2.68. The van der Waals surface area contributed by atoms with Crippen LogP contribution in [0.1, 0.15) is 18.4 Å². The second-order valence-electron chi connectivity index (χ2n) is 4.03. The Hall–Kier alpha value is -1.89. The van der Waals surface area contributed by atoms with Gasteiger partial charge in [0.15, 0.2) is 0 Å². The van der Waals surface area contributed by atoms with Crippen molar-refractivity contribution in [2.24, 2.45) is 0 Å². The van der Waals surface area contributed by atoms with Gasteiger partial charge in [-0.2, -0.15) is 0 Å². The lowest BCUT2D eigenvalue weighted by Gasteiger charge is -2.16. The van der Waals surface area contributed by atoms with Crippen LogP contribution in [0.15, 0.2) is 6.33 Å². The zero-order valence-corrected chi connectivity index (χ0v) is 11.3. The van der Waals surface area contributed by atoms with Crippen LogP contribution in [0, 0.1) is 6.92 Å². The van der Waals surface area contributed by atoms with Crippen LogP contribution >= 0.6 is 0 Å². The fraction of sp³-hybridized carbons (Fsp3) is 0.583. The predicted molar refractivity (Wildman–Crippen MR) is 69.5 cm³/mol. The van der Waals surface area contributed by atoms with Gasteiger partial charge in [-0.15, -0.1) is 0 Å². The first-order chi connectivity index (χ1) is 9.10. The van der Waals surface area contributed by atoms with Crippen molar-refractivity contribution in [3.63, 3.8) is 0 Å². The van der Waals surface area contributed by atoms with E-state index < -0.39 is 12.0 Å². The first-order valence-corrected chi connectivity index (χ1v) is 5.94. The number of hydrogen-bond acceptors (Lipinski definition) is 6. The summed E-state index contributed by atoms with van der Waals surface area (Å²) in [7, 11) is 3.09. The molecule has 0 fully saturated rings. The van der Waals surface area contributed by atoms with Gasteiger partial charge in [0.2, 0.25) is 5.88 Å². The smallest absolute Gasteiger partial charge is 0.326 e. The average Bonchev–Trinajstić information content (AvgIpc) is 2.39. The van der Waals surface area contributed by atoms with E-state index in [1.165, 1.54) is 13.4 Å². The quantitative estimate of drug-likeness (QED) is 0.682. The lowest BCUT2D eigenvalue weighted by molar-refractivity contribution is -0.138. The molecule has 0 amide bonds. The van der Waals surface area contributed by atoms with Gasteiger partial charge in [-0.1, -0.05) is 0 Å². The summed E-state index contributed by atoms with van der Waals surface area (Å²) in [6.07, 6.45) is 2.44. The van der Waals surface area contributed by atoms with E-state index in [0.29, 0.717) is 36.7 Å². The number of aromatic nitrogens is 2. The molecule has 0 radical (unpaired) electrons. The van der Waals surface area contributed by atoms with Crippen LogP contribution in [-0.2, 0) is 9.53 Å². The summed E-state index contributed by atoms with van der Waals surface area (Å²) in [5.41, 5.74) is 0.683. The molecule has 0 aliphatic rings. The van der Waals surface area contributed by atoms with Crippen molar-refractivity contribution in [2.75, 3.05) is 26.1 Å². The molecule has 0 aliphatic heterocycles. The molecule has 0 spiro atoms. The van der Waals surface area contributed by atoms with Crippen molar-refractivity contribution in [1.29, 1.82) is 0 Å². The largest absolute Gasteiger partial charge is 0.481 e. The number of rotatable bonds is 8. The molecule has 7 nitrogen and oxygen atoms in total. The van der Waals surface area contributed by atoms with Crippen molar-refractivity contribution in [3.05, 3.63) is 11.9 Å². The standard InChI is InChI=1S/C12H19N3O4/c1-8-10(13-7-14-11(8)19-3)15-9(12(16)17)5-4-6-18-2/h7,9H,4-6H2,1-3H3,(H,16,17)(H,13,14,15). The molecule has 19 heavy (non-hydrogen) atoms. The topological polar surface area (TPSA) is 93.6 Å². The molecule has 1 heterocycles. The summed E-state index contributed by atoms with van der Waals surface area (Å²) in [4.78, 5) is 19.2. The molecule has 2 N–H and O–H groups in total. The summed E-state index contributed by atoms with van der Waals surface area (Å²) < 4.78 is 9.98. The summed E-state index contributed by atoms with van der Waals surface area (Å²) in [5, 5.41) is 12.1. The maximum absolute atomic E-state index is 11.2. The molecular weight excluding hydrogens is 250 g/mol. The van der Waals surface area contributed by atoms with Crippen LogP contribution in [0.2, 0.25) is 0 Å². The van der Waals surface area contributed by atoms with Crippen LogP contribution in [-0.4, -0.2) is 47.9 Å². The Labute approximate surface area is 112 Å². The minimum absolute atomic E-state index is 0.429. The zero-order valence-electron chi connectivity index (χ0n) is 11.3. The van der Waals surface area contributed by atoms with Gasteiger partial charge < -0.3 is 19.9 Å². The normalized spacial score (nSPS) is 11.9. The van der Waals surface area contributed by atoms with Crippen LogP contribution < -0.4 is 10.1 Å². The summed E-state index contributed by atoms with van der Waals surface area (Å²) in [6, 6.07) is -0.714. The van der Waals surface area contributed by atoms with Crippen LogP contribution in [0.3, 0.4) is 0 Å². The molecule has 0 aliphatic carbocycles. The van der Waals surface area contributed by atoms with Gasteiger partial charge in [-0.05, 0) is 19.8 Å². The number of carboxylic acids is 1. The van der Waals surface area contributed by atoms with Crippen LogP contribution in [0.5, 0.6) is 5.88 Å². The number of nitrogens with zero attached hydrogens (tertiary/aromatic N) is 2. The van der Waals surface area contributed by atoms with E-state index in [-0.39, 0.29) is 0 Å². The highest BCUT2D eigenvalue weighted by molar-refractivity contribution is 5.77. The van der Waals surface area contributed by atoms with Gasteiger partial charge in [0.25, 0.3) is 0 Å². The van der Waals surface area contributed by atoms with Crippen molar-refractivity contribution in [2.45, 2.75) is 25.8 Å². The molecule has 0 aromatic carbocycles. The van der Waals surface area contributed by atoms with Gasteiger partial charge in [-0.3, -0.25) is 0 Å². The first kappa shape index (κ1) is 15.2. The highest BCUT2D eigenvalue weighted by atomic mass is 16.5. The van der Waals surface area contributed by atoms with Gasteiger partial charge >= 0.3 is 5.97 Å². The lowest BCUT2D eigenvalue weighted by Crippen LogP contribution is -2.30. The molecule has 0 bridgehead atoms. The number of aliphatic carboxylic acids is 1. The van der Waals surface area contributed by atoms with Gasteiger partial charge in [0.1, 0.15) is 18.2 Å². The number of anilines is 1. The van der Waals surface area contributed by atoms with E-state index in [1.54, 1.807) is 14.0 Å². The maximum Gasteiger partial charge on any atom is 0.326 e. The Bertz CT molecular complexity index is 425. The van der Waals surface area contributed by atoms with Gasteiger partial charge in [0, 0.05) is 13.7 Å². The molecule has 0 saturated carbocycles. The fourth-order valence-electron chi connectivity index (χ4n) is 1.64. The lowest BCUT2D eigenvalue weighted by atomic mass is 10.1. The van der Waals surface area contributed by atoms with Crippen molar-refractivity contribution < 1.29 is 19.4 Å². The van der Waals surface area contributed by atoms with E-state index in [4.69, 9.17) is 9.47 Å². The number of hydrogen-bond donors (Lipinski definition) is 2. The minimum atomic E-state index is -0.923. The second kappa shape index (κ2) is 7.52. The number of carbonyl (C=O) groups is 1. The number of nitrogens with one attached hydrogen (secondary N) is 1. The Morgan fingerprint density at radius 1 is 1.47 bits per heavy atom. The van der Waals surface area contributed by atoms with E-state index in [9.17, 15) is 9.90 Å². The van der Waals surface area contributed by atoms with E-state index in [2.05, 4.69) is 15.3 Å². The monoisotopic (exact) mass is 269 g/mol. The maximum atomic E-state index is 11.2. The fourth-order valence-corrected chi connectivity index (χ4v) is 1.64. The predicted octanol–water partition coefficient (Wildman–Crippen LogP) is 1.09. The molecule has 1 aromatic rings. The molecule has 1 rings (SSSR count). The number of ether oxygens (including phenoxy) is 2.